The van der Waals surface area contributed by atoms with Crippen molar-refractivity contribution in [3.63, 3.8) is 0 Å². The molecular weight excluding hydrogens is 320 g/mol. The number of methoxy groups -OCH3 is 2. The number of carboxylic acid groups (broad SMARTS) is 1. The summed E-state index contributed by atoms with van der Waals surface area (Å²) in [7, 11) is 3.13. The Bertz CT molecular complexity index is 973. The summed E-state index contributed by atoms with van der Waals surface area (Å²) in [5.41, 5.74) is 3.86. The highest BCUT2D eigenvalue weighted by atomic mass is 16.5. The molecule has 0 spiro atoms. The molecule has 128 valence electrons. The number of carboxylic acids is 1. The third-order valence-corrected chi connectivity index (χ3v) is 3.85. The summed E-state index contributed by atoms with van der Waals surface area (Å²) in [6.45, 7) is 1.97. The van der Waals surface area contributed by atoms with Gasteiger partial charge < -0.3 is 19.4 Å². The summed E-state index contributed by atoms with van der Waals surface area (Å²) in [5.74, 6) is -0.0823. The van der Waals surface area contributed by atoms with E-state index in [0.29, 0.717) is 22.9 Å². The van der Waals surface area contributed by atoms with Crippen molar-refractivity contribution in [2.24, 2.45) is 0 Å². The highest BCUT2D eigenvalue weighted by molar-refractivity contribution is 5.86. The van der Waals surface area contributed by atoms with E-state index in [4.69, 9.17) is 9.47 Å². The molecule has 0 aliphatic heterocycles. The number of hydrogen-bond acceptors (Lipinski definition) is 5. The van der Waals surface area contributed by atoms with Crippen molar-refractivity contribution in [1.29, 1.82) is 0 Å². The monoisotopic (exact) mass is 337 g/mol. The normalized spacial score (nSPS) is 11.2. The van der Waals surface area contributed by atoms with Crippen LogP contribution in [0.1, 0.15) is 11.3 Å². The first kappa shape index (κ1) is 16.6. The Labute approximate surface area is 145 Å². The van der Waals surface area contributed by atoms with Gasteiger partial charge in [-0.15, -0.1) is 0 Å². The van der Waals surface area contributed by atoms with E-state index < -0.39 is 5.97 Å². The number of carbonyl (C=O) groups excluding carboxylic acids is 1. The summed E-state index contributed by atoms with van der Waals surface area (Å²) in [6, 6.07) is 9.32. The molecule has 0 unspecified atom stereocenters. The van der Waals surface area contributed by atoms with Crippen LogP contribution >= 0.6 is 0 Å². The Hall–Kier alpha value is -3.28. The number of pyridine rings is 1. The van der Waals surface area contributed by atoms with Crippen LogP contribution in [-0.4, -0.2) is 29.6 Å². The van der Waals surface area contributed by atoms with Crippen molar-refractivity contribution >= 4 is 17.7 Å². The fourth-order valence-corrected chi connectivity index (χ4v) is 2.67. The van der Waals surface area contributed by atoms with Gasteiger partial charge in [-0.2, -0.15) is 0 Å². The lowest BCUT2D eigenvalue weighted by Crippen LogP contribution is -2.18. The largest absolute Gasteiger partial charge is 0.545 e. The van der Waals surface area contributed by atoms with Crippen LogP contribution in [0, 0.1) is 6.92 Å². The molecule has 0 aliphatic carbocycles. The minimum atomic E-state index is -1.26. The van der Waals surface area contributed by atoms with Crippen molar-refractivity contribution in [2.75, 3.05) is 14.2 Å². The van der Waals surface area contributed by atoms with E-state index in [2.05, 4.69) is 4.98 Å². The number of imidazole rings is 1. The van der Waals surface area contributed by atoms with Crippen molar-refractivity contribution in [1.82, 2.24) is 9.38 Å². The average molecular weight is 337 g/mol. The van der Waals surface area contributed by atoms with Gasteiger partial charge >= 0.3 is 0 Å². The standard InChI is InChI=1S/C19H18N2O4/c1-12-8-9-21-14(5-7-18(22)23)19(20-17(21)10-12)13-4-6-15(24-2)16(11-13)25-3/h4-11H,1-3H3,(H,22,23)/p-1/b7-5+. The van der Waals surface area contributed by atoms with Gasteiger partial charge in [0, 0.05) is 11.8 Å². The Morgan fingerprint density at radius 2 is 1.92 bits per heavy atom. The predicted octanol–water partition coefficient (Wildman–Crippen LogP) is 2.09. The van der Waals surface area contributed by atoms with Gasteiger partial charge in [0.2, 0.25) is 0 Å². The Morgan fingerprint density at radius 3 is 2.60 bits per heavy atom. The minimum Gasteiger partial charge on any atom is -0.545 e. The summed E-state index contributed by atoms with van der Waals surface area (Å²) in [6.07, 6.45) is 4.33. The van der Waals surface area contributed by atoms with Crippen LogP contribution in [0.5, 0.6) is 11.5 Å². The lowest BCUT2D eigenvalue weighted by atomic mass is 10.1. The molecule has 2 aromatic heterocycles. The first-order valence-electron chi connectivity index (χ1n) is 7.63. The lowest BCUT2D eigenvalue weighted by molar-refractivity contribution is -0.297. The fourth-order valence-electron chi connectivity index (χ4n) is 2.67. The molecule has 6 nitrogen and oxygen atoms in total. The minimum absolute atomic E-state index is 0.572. The molecule has 0 bridgehead atoms. The van der Waals surface area contributed by atoms with Gasteiger partial charge in [-0.3, -0.25) is 4.40 Å². The molecule has 3 aromatic rings. The smallest absolute Gasteiger partial charge is 0.161 e. The molecular formula is C19H17N2O4-. The molecule has 0 saturated heterocycles. The summed E-state index contributed by atoms with van der Waals surface area (Å²) in [5, 5.41) is 10.9. The number of aromatic nitrogens is 2. The predicted molar refractivity (Wildman–Crippen MR) is 92.5 cm³/mol. The van der Waals surface area contributed by atoms with Crippen LogP contribution in [0.4, 0.5) is 0 Å². The molecule has 0 amide bonds. The first-order valence-corrected chi connectivity index (χ1v) is 7.63. The number of hydrogen-bond donors (Lipinski definition) is 0. The van der Waals surface area contributed by atoms with Gasteiger partial charge in [0.25, 0.3) is 0 Å². The number of rotatable bonds is 5. The van der Waals surface area contributed by atoms with Crippen molar-refractivity contribution in [2.45, 2.75) is 6.92 Å². The van der Waals surface area contributed by atoms with Gasteiger partial charge in [0.1, 0.15) is 5.65 Å². The molecule has 6 heteroatoms. The number of nitrogens with zero attached hydrogens (tertiary/aromatic N) is 2. The SMILES string of the molecule is COc1ccc(-c2nc3cc(C)ccn3c2/C=C/C(=O)[O-])cc1OC. The topological polar surface area (TPSA) is 75.9 Å². The van der Waals surface area contributed by atoms with Crippen molar-refractivity contribution in [3.8, 4) is 22.8 Å². The van der Waals surface area contributed by atoms with Gasteiger partial charge in [-0.1, -0.05) is 0 Å². The molecule has 0 atom stereocenters. The van der Waals surface area contributed by atoms with Crippen LogP contribution in [-0.2, 0) is 4.79 Å². The van der Waals surface area contributed by atoms with E-state index in [1.807, 2.05) is 41.8 Å². The van der Waals surface area contributed by atoms with Crippen LogP contribution in [0.15, 0.2) is 42.6 Å². The van der Waals surface area contributed by atoms with E-state index in [9.17, 15) is 9.90 Å². The number of fused-ring (bicyclic) bond motifs is 1. The maximum atomic E-state index is 10.9. The highest BCUT2D eigenvalue weighted by Crippen LogP contribution is 2.34. The lowest BCUT2D eigenvalue weighted by Gasteiger charge is -2.09. The van der Waals surface area contributed by atoms with Gasteiger partial charge in [0.05, 0.1) is 31.6 Å². The number of carbonyl (C=O) groups is 1. The Kier molecular flexibility index (Phi) is 4.43. The van der Waals surface area contributed by atoms with Gasteiger partial charge in [-0.25, -0.2) is 4.98 Å². The van der Waals surface area contributed by atoms with Crippen LogP contribution in [0.2, 0.25) is 0 Å². The Balaban J connectivity index is 2.24. The number of aliphatic carboxylic acids is 1. The number of ether oxygens (including phenoxy) is 2. The number of benzene rings is 1. The van der Waals surface area contributed by atoms with Crippen LogP contribution in [0.25, 0.3) is 23.0 Å². The molecule has 0 N–H and O–H groups in total. The summed E-state index contributed by atoms with van der Waals surface area (Å²) < 4.78 is 12.4. The second kappa shape index (κ2) is 6.68. The summed E-state index contributed by atoms with van der Waals surface area (Å²) >= 11 is 0. The zero-order valence-corrected chi connectivity index (χ0v) is 14.1. The van der Waals surface area contributed by atoms with Crippen molar-refractivity contribution < 1.29 is 19.4 Å². The molecule has 3 rings (SSSR count). The third kappa shape index (κ3) is 3.19. The quantitative estimate of drug-likeness (QED) is 0.666. The first-order chi connectivity index (χ1) is 12.0. The van der Waals surface area contributed by atoms with E-state index >= 15 is 0 Å². The molecule has 0 radical (unpaired) electrons. The summed E-state index contributed by atoms with van der Waals surface area (Å²) in [4.78, 5) is 15.5. The third-order valence-electron chi connectivity index (χ3n) is 3.85. The second-order valence-corrected chi connectivity index (χ2v) is 5.50. The van der Waals surface area contributed by atoms with E-state index in [0.717, 1.165) is 22.9 Å². The van der Waals surface area contributed by atoms with Crippen LogP contribution in [0.3, 0.4) is 0 Å². The van der Waals surface area contributed by atoms with Crippen molar-refractivity contribution in [3.05, 3.63) is 53.9 Å². The average Bonchev–Trinajstić information content (AvgIpc) is 2.96. The molecule has 0 fully saturated rings. The highest BCUT2D eigenvalue weighted by Gasteiger charge is 2.14. The zero-order chi connectivity index (χ0) is 18.0. The second-order valence-electron chi connectivity index (χ2n) is 5.50. The Morgan fingerprint density at radius 1 is 1.16 bits per heavy atom. The number of aryl methyl sites for hydroxylation is 1. The molecule has 0 saturated carbocycles. The van der Waals surface area contributed by atoms with Gasteiger partial charge in [0.15, 0.2) is 11.5 Å². The molecule has 25 heavy (non-hydrogen) atoms. The van der Waals surface area contributed by atoms with Crippen LogP contribution < -0.4 is 14.6 Å². The fraction of sp³-hybridized carbons (Fsp3) is 0.158. The zero-order valence-electron chi connectivity index (χ0n) is 14.1. The van der Waals surface area contributed by atoms with E-state index in [1.165, 1.54) is 6.08 Å². The molecule has 1 aromatic carbocycles. The van der Waals surface area contributed by atoms with Gasteiger partial charge in [-0.05, 0) is 55.0 Å². The van der Waals surface area contributed by atoms with E-state index in [-0.39, 0.29) is 0 Å². The molecule has 2 heterocycles. The molecule has 0 aliphatic rings. The maximum absolute atomic E-state index is 10.9. The van der Waals surface area contributed by atoms with E-state index in [1.54, 1.807) is 20.3 Å². The maximum Gasteiger partial charge on any atom is 0.161 e.